The maximum atomic E-state index is 11.9. The number of hydrogen-bond donors (Lipinski definition) is 1. The summed E-state index contributed by atoms with van der Waals surface area (Å²) in [7, 11) is 0. The number of amides is 1. The number of rotatable bonds is 6. The summed E-state index contributed by atoms with van der Waals surface area (Å²) in [6, 6.07) is 13.9. The second-order valence-electron chi connectivity index (χ2n) is 5.30. The lowest BCUT2D eigenvalue weighted by Gasteiger charge is -2.14. The molecule has 2 rings (SSSR count). The van der Waals surface area contributed by atoms with Gasteiger partial charge in [0.1, 0.15) is 0 Å². The van der Waals surface area contributed by atoms with E-state index in [2.05, 4.69) is 5.32 Å². The quantitative estimate of drug-likeness (QED) is 0.788. The summed E-state index contributed by atoms with van der Waals surface area (Å²) in [6.07, 6.45) is 0.0944. The van der Waals surface area contributed by atoms with Crippen LogP contribution < -0.4 is 5.32 Å². The Balaban J connectivity index is 1.76. The first-order chi connectivity index (χ1) is 11.4. The van der Waals surface area contributed by atoms with Crippen molar-refractivity contribution < 1.29 is 14.3 Å². The van der Waals surface area contributed by atoms with E-state index in [0.29, 0.717) is 10.0 Å². The molecule has 6 heteroatoms. The molecule has 4 nitrogen and oxygen atoms in total. The molecule has 0 spiro atoms. The molecule has 0 aliphatic carbocycles. The Labute approximate surface area is 150 Å². The third kappa shape index (κ3) is 5.87. The van der Waals surface area contributed by atoms with E-state index in [0.717, 1.165) is 11.1 Å². The van der Waals surface area contributed by atoms with E-state index >= 15 is 0 Å². The largest absolute Gasteiger partial charge is 0.455 e. The van der Waals surface area contributed by atoms with Gasteiger partial charge in [0.15, 0.2) is 6.61 Å². The zero-order chi connectivity index (χ0) is 17.5. The highest BCUT2D eigenvalue weighted by Gasteiger charge is 2.12. The Hall–Kier alpha value is -2.04. The molecule has 1 atom stereocenters. The van der Waals surface area contributed by atoms with Crippen LogP contribution in [0.3, 0.4) is 0 Å². The monoisotopic (exact) mass is 365 g/mol. The van der Waals surface area contributed by atoms with Gasteiger partial charge < -0.3 is 10.1 Å². The Morgan fingerprint density at radius 2 is 1.54 bits per heavy atom. The van der Waals surface area contributed by atoms with E-state index < -0.39 is 5.97 Å². The summed E-state index contributed by atoms with van der Waals surface area (Å²) in [5.74, 6) is -0.825. The highest BCUT2D eigenvalue weighted by Crippen LogP contribution is 2.16. The van der Waals surface area contributed by atoms with E-state index in [9.17, 15) is 9.59 Å². The molecule has 0 aliphatic heterocycles. The Kier molecular flexibility index (Phi) is 6.64. The van der Waals surface area contributed by atoms with Crippen molar-refractivity contribution in [3.05, 3.63) is 69.7 Å². The van der Waals surface area contributed by atoms with Crippen molar-refractivity contribution in [2.24, 2.45) is 0 Å². The van der Waals surface area contributed by atoms with Crippen molar-refractivity contribution in [3.63, 3.8) is 0 Å². The summed E-state index contributed by atoms with van der Waals surface area (Å²) in [5, 5.41) is 4.00. The topological polar surface area (TPSA) is 55.4 Å². The standard InChI is InChI=1S/C18H17Cl2NO3/c1-12(14-4-8-16(20)9-5-14)21-17(22)11-24-18(23)10-13-2-6-15(19)7-3-13/h2-9,12H,10-11H2,1H3,(H,21,22)/t12-/m0/s1. The van der Waals surface area contributed by atoms with Crippen LogP contribution in [0.1, 0.15) is 24.1 Å². The minimum Gasteiger partial charge on any atom is -0.455 e. The minimum absolute atomic E-state index is 0.0944. The van der Waals surface area contributed by atoms with Crippen LogP contribution in [0.4, 0.5) is 0 Å². The van der Waals surface area contributed by atoms with Crippen molar-refractivity contribution in [2.45, 2.75) is 19.4 Å². The number of carbonyl (C=O) groups is 2. The summed E-state index contributed by atoms with van der Waals surface area (Å²) in [4.78, 5) is 23.6. The molecule has 0 aromatic heterocycles. The lowest BCUT2D eigenvalue weighted by molar-refractivity contribution is -0.148. The van der Waals surface area contributed by atoms with Gasteiger partial charge in [-0.1, -0.05) is 47.5 Å². The molecule has 2 aromatic rings. The Bertz CT molecular complexity index is 699. The van der Waals surface area contributed by atoms with Crippen LogP contribution >= 0.6 is 23.2 Å². The molecule has 0 fully saturated rings. The summed E-state index contributed by atoms with van der Waals surface area (Å²) >= 11 is 11.6. The predicted octanol–water partition coefficient (Wildman–Crippen LogP) is 3.96. The maximum Gasteiger partial charge on any atom is 0.310 e. The van der Waals surface area contributed by atoms with Crippen LogP contribution in [0.25, 0.3) is 0 Å². The highest BCUT2D eigenvalue weighted by atomic mass is 35.5. The van der Waals surface area contributed by atoms with Crippen molar-refractivity contribution in [1.29, 1.82) is 0 Å². The molecule has 0 saturated carbocycles. The lowest BCUT2D eigenvalue weighted by atomic mass is 10.1. The van der Waals surface area contributed by atoms with Gasteiger partial charge >= 0.3 is 5.97 Å². The fourth-order valence-corrected chi connectivity index (χ4v) is 2.34. The minimum atomic E-state index is -0.466. The van der Waals surface area contributed by atoms with Crippen molar-refractivity contribution in [1.82, 2.24) is 5.32 Å². The first-order valence-corrected chi connectivity index (χ1v) is 8.14. The van der Waals surface area contributed by atoms with Crippen molar-refractivity contribution in [3.8, 4) is 0 Å². The van der Waals surface area contributed by atoms with Gasteiger partial charge in [-0.15, -0.1) is 0 Å². The van der Waals surface area contributed by atoms with E-state index in [-0.39, 0.29) is 25.0 Å². The van der Waals surface area contributed by atoms with Crippen LogP contribution in [-0.4, -0.2) is 18.5 Å². The van der Waals surface area contributed by atoms with Crippen LogP contribution in [0.2, 0.25) is 10.0 Å². The molecule has 24 heavy (non-hydrogen) atoms. The van der Waals surface area contributed by atoms with Gasteiger partial charge in [-0.3, -0.25) is 9.59 Å². The molecule has 0 heterocycles. The molecule has 0 aliphatic rings. The van der Waals surface area contributed by atoms with Gasteiger partial charge in [-0.25, -0.2) is 0 Å². The molecule has 126 valence electrons. The molecule has 0 unspecified atom stereocenters. The highest BCUT2D eigenvalue weighted by molar-refractivity contribution is 6.30. The number of hydrogen-bond acceptors (Lipinski definition) is 3. The fourth-order valence-electron chi connectivity index (χ4n) is 2.08. The molecule has 2 aromatic carbocycles. The predicted molar refractivity (Wildman–Crippen MR) is 94.1 cm³/mol. The van der Waals surface area contributed by atoms with Gasteiger partial charge in [0.05, 0.1) is 12.5 Å². The summed E-state index contributed by atoms with van der Waals surface area (Å²) < 4.78 is 4.99. The fraction of sp³-hybridized carbons (Fsp3) is 0.222. The number of esters is 1. The van der Waals surface area contributed by atoms with Gasteiger partial charge in [0.2, 0.25) is 0 Å². The van der Waals surface area contributed by atoms with Crippen LogP contribution in [0.15, 0.2) is 48.5 Å². The third-order valence-corrected chi connectivity index (χ3v) is 3.88. The average molecular weight is 366 g/mol. The third-order valence-electron chi connectivity index (χ3n) is 3.37. The number of halogens is 2. The second kappa shape index (κ2) is 8.71. The van der Waals surface area contributed by atoms with E-state index in [4.69, 9.17) is 27.9 Å². The molecule has 0 bridgehead atoms. The zero-order valence-electron chi connectivity index (χ0n) is 13.1. The number of benzene rings is 2. The first kappa shape index (κ1) is 18.3. The first-order valence-electron chi connectivity index (χ1n) is 7.39. The number of nitrogens with one attached hydrogen (secondary N) is 1. The smallest absolute Gasteiger partial charge is 0.310 e. The van der Waals surface area contributed by atoms with E-state index in [1.54, 1.807) is 36.4 Å². The molecule has 1 amide bonds. The number of ether oxygens (including phenoxy) is 1. The molecule has 0 radical (unpaired) electrons. The van der Waals surface area contributed by atoms with Crippen molar-refractivity contribution >= 4 is 35.1 Å². The van der Waals surface area contributed by atoms with E-state index in [1.807, 2.05) is 19.1 Å². The molecular formula is C18H17Cl2NO3. The zero-order valence-corrected chi connectivity index (χ0v) is 14.6. The Morgan fingerprint density at radius 1 is 1.00 bits per heavy atom. The van der Waals surface area contributed by atoms with Crippen LogP contribution in [0.5, 0.6) is 0 Å². The van der Waals surface area contributed by atoms with Gasteiger partial charge in [-0.2, -0.15) is 0 Å². The maximum absolute atomic E-state index is 11.9. The van der Waals surface area contributed by atoms with E-state index in [1.165, 1.54) is 0 Å². The lowest BCUT2D eigenvalue weighted by Crippen LogP contribution is -2.31. The summed E-state index contributed by atoms with van der Waals surface area (Å²) in [5.41, 5.74) is 1.69. The average Bonchev–Trinajstić information content (AvgIpc) is 2.55. The number of carbonyl (C=O) groups excluding carboxylic acids is 2. The molecule has 0 saturated heterocycles. The van der Waals surface area contributed by atoms with Crippen LogP contribution in [0, 0.1) is 0 Å². The van der Waals surface area contributed by atoms with Gasteiger partial charge in [0, 0.05) is 10.0 Å². The van der Waals surface area contributed by atoms with Gasteiger partial charge in [-0.05, 0) is 42.3 Å². The molecule has 1 N–H and O–H groups in total. The molecular weight excluding hydrogens is 349 g/mol. The second-order valence-corrected chi connectivity index (χ2v) is 6.18. The SMILES string of the molecule is C[C@H](NC(=O)COC(=O)Cc1ccc(Cl)cc1)c1ccc(Cl)cc1. The Morgan fingerprint density at radius 3 is 2.12 bits per heavy atom. The normalized spacial score (nSPS) is 11.6. The van der Waals surface area contributed by atoms with Gasteiger partial charge in [0.25, 0.3) is 5.91 Å². The van der Waals surface area contributed by atoms with Crippen molar-refractivity contribution in [2.75, 3.05) is 6.61 Å². The summed E-state index contributed by atoms with van der Waals surface area (Å²) in [6.45, 7) is 1.53. The van der Waals surface area contributed by atoms with Crippen LogP contribution in [-0.2, 0) is 20.7 Å².